The van der Waals surface area contributed by atoms with E-state index in [1.54, 1.807) is 25.2 Å². The molecule has 1 aromatic rings. The topological polar surface area (TPSA) is 92.5 Å². The van der Waals surface area contributed by atoms with Crippen molar-refractivity contribution in [3.8, 4) is 0 Å². The first-order valence-electron chi connectivity index (χ1n) is 8.53. The number of nitrogens with two attached hydrogens (primary N) is 1. The number of nitrogens with one attached hydrogen (secondary N) is 1. The van der Waals surface area contributed by atoms with Crippen LogP contribution in [0.15, 0.2) is 29.2 Å². The fourth-order valence-electron chi connectivity index (χ4n) is 3.03. The molecular weight excluding hydrogens is 362 g/mol. The quantitative estimate of drug-likeness (QED) is 0.749. The molecule has 1 fully saturated rings. The zero-order valence-electron chi connectivity index (χ0n) is 14.6. The average molecular weight is 390 g/mol. The summed E-state index contributed by atoms with van der Waals surface area (Å²) >= 11 is 0. The first kappa shape index (κ1) is 21.9. The lowest BCUT2D eigenvalue weighted by Gasteiger charge is -2.30. The second-order valence-electron chi connectivity index (χ2n) is 6.28. The molecule has 1 aliphatic carbocycles. The highest BCUT2D eigenvalue weighted by Gasteiger charge is 2.29. The third-order valence-corrected chi connectivity index (χ3v) is 6.40. The lowest BCUT2D eigenvalue weighted by Crippen LogP contribution is -2.38. The normalized spacial score (nSPS) is 15.6. The van der Waals surface area contributed by atoms with Gasteiger partial charge in [0.25, 0.3) is 0 Å². The summed E-state index contributed by atoms with van der Waals surface area (Å²) in [6.07, 6.45) is 6.07. The molecule has 8 heteroatoms. The largest absolute Gasteiger partial charge is 0.330 e. The molecule has 1 aromatic carbocycles. The highest BCUT2D eigenvalue weighted by molar-refractivity contribution is 7.89. The molecule has 0 bridgehead atoms. The van der Waals surface area contributed by atoms with Gasteiger partial charge in [-0.05, 0) is 44.0 Å². The Labute approximate surface area is 156 Å². The van der Waals surface area contributed by atoms with Gasteiger partial charge in [0.1, 0.15) is 0 Å². The second kappa shape index (κ2) is 10.1. The van der Waals surface area contributed by atoms with Crippen LogP contribution in [0.1, 0.15) is 44.9 Å². The van der Waals surface area contributed by atoms with Crippen molar-refractivity contribution in [2.24, 2.45) is 5.73 Å². The fourth-order valence-corrected chi connectivity index (χ4v) is 4.49. The van der Waals surface area contributed by atoms with Crippen molar-refractivity contribution < 1.29 is 13.2 Å². The van der Waals surface area contributed by atoms with Crippen molar-refractivity contribution in [2.45, 2.75) is 55.9 Å². The van der Waals surface area contributed by atoms with E-state index >= 15 is 0 Å². The summed E-state index contributed by atoms with van der Waals surface area (Å²) in [6.45, 7) is 0.452. The number of carbonyl (C=O) groups excluding carboxylic acids is 1. The Morgan fingerprint density at radius 2 is 1.96 bits per heavy atom. The maximum absolute atomic E-state index is 12.8. The van der Waals surface area contributed by atoms with Gasteiger partial charge in [-0.15, -0.1) is 12.4 Å². The number of benzene rings is 1. The molecule has 1 aliphatic rings. The van der Waals surface area contributed by atoms with Gasteiger partial charge in [-0.2, -0.15) is 4.31 Å². The van der Waals surface area contributed by atoms with E-state index in [-0.39, 0.29) is 29.3 Å². The lowest BCUT2D eigenvalue weighted by atomic mass is 9.96. The minimum absolute atomic E-state index is 0. The predicted octanol–water partition coefficient (Wildman–Crippen LogP) is 2.74. The second-order valence-corrected chi connectivity index (χ2v) is 8.28. The third-order valence-electron chi connectivity index (χ3n) is 4.49. The molecule has 0 unspecified atom stereocenters. The number of amides is 1. The Morgan fingerprint density at radius 3 is 2.60 bits per heavy atom. The molecule has 2 rings (SSSR count). The van der Waals surface area contributed by atoms with E-state index in [1.807, 2.05) is 0 Å². The van der Waals surface area contributed by atoms with Crippen molar-refractivity contribution >= 4 is 34.0 Å². The molecular formula is C17H28ClN3O3S. The van der Waals surface area contributed by atoms with Gasteiger partial charge in [0.15, 0.2) is 0 Å². The standard InChI is InChI=1S/C17H27N3O3S.ClH/c1-20(15-8-3-2-4-9-15)24(22,23)16-10-5-7-14(13-16)19-17(21)11-6-12-18;/h5,7,10,13,15H,2-4,6,8-9,11-12,18H2,1H3,(H,19,21);1H. The van der Waals surface area contributed by atoms with Gasteiger partial charge in [0.2, 0.25) is 15.9 Å². The molecule has 0 aromatic heterocycles. The summed E-state index contributed by atoms with van der Waals surface area (Å²) in [7, 11) is -1.90. The van der Waals surface area contributed by atoms with E-state index in [4.69, 9.17) is 5.73 Å². The first-order chi connectivity index (χ1) is 11.4. The third kappa shape index (κ3) is 5.95. The first-order valence-corrected chi connectivity index (χ1v) is 9.97. The van der Waals surface area contributed by atoms with Crippen LogP contribution in [0.5, 0.6) is 0 Å². The number of carbonyl (C=O) groups is 1. The van der Waals surface area contributed by atoms with E-state index in [1.165, 1.54) is 16.8 Å². The Balaban J connectivity index is 0.00000312. The Bertz CT molecular complexity index is 661. The molecule has 0 radical (unpaired) electrons. The van der Waals surface area contributed by atoms with Crippen molar-refractivity contribution in [2.75, 3.05) is 18.9 Å². The van der Waals surface area contributed by atoms with Crippen LogP contribution in [0, 0.1) is 0 Å². The van der Waals surface area contributed by atoms with Crippen molar-refractivity contribution in [3.63, 3.8) is 0 Å². The molecule has 3 N–H and O–H groups in total. The number of hydrogen-bond donors (Lipinski definition) is 2. The molecule has 6 nitrogen and oxygen atoms in total. The molecule has 0 heterocycles. The molecule has 0 atom stereocenters. The maximum atomic E-state index is 12.8. The molecule has 0 saturated heterocycles. The van der Waals surface area contributed by atoms with Gasteiger partial charge < -0.3 is 11.1 Å². The van der Waals surface area contributed by atoms with Gasteiger partial charge in [0, 0.05) is 25.2 Å². The van der Waals surface area contributed by atoms with Crippen LogP contribution in [0.3, 0.4) is 0 Å². The Morgan fingerprint density at radius 1 is 1.28 bits per heavy atom. The van der Waals surface area contributed by atoms with Crippen molar-refractivity contribution in [3.05, 3.63) is 24.3 Å². The van der Waals surface area contributed by atoms with E-state index < -0.39 is 10.0 Å². The monoisotopic (exact) mass is 389 g/mol. The van der Waals surface area contributed by atoms with Gasteiger partial charge >= 0.3 is 0 Å². The minimum atomic E-state index is -3.55. The van der Waals surface area contributed by atoms with Gasteiger partial charge in [-0.3, -0.25) is 4.79 Å². The summed E-state index contributed by atoms with van der Waals surface area (Å²) in [5.41, 5.74) is 5.89. The number of hydrogen-bond acceptors (Lipinski definition) is 4. The predicted molar refractivity (Wildman–Crippen MR) is 102 cm³/mol. The van der Waals surface area contributed by atoms with Crippen LogP contribution in [-0.4, -0.2) is 38.3 Å². The van der Waals surface area contributed by atoms with Gasteiger partial charge in [-0.25, -0.2) is 8.42 Å². The van der Waals surface area contributed by atoms with Gasteiger partial charge in [-0.1, -0.05) is 25.3 Å². The SMILES string of the molecule is CN(C1CCCCC1)S(=O)(=O)c1cccc(NC(=O)CCCN)c1.Cl. The van der Waals surface area contributed by atoms with E-state index in [0.717, 1.165) is 25.7 Å². The Hall–Kier alpha value is -1.15. The molecule has 1 saturated carbocycles. The Kier molecular flexibility index (Phi) is 8.85. The zero-order valence-corrected chi connectivity index (χ0v) is 16.2. The highest BCUT2D eigenvalue weighted by Crippen LogP contribution is 2.27. The van der Waals surface area contributed by atoms with Crippen LogP contribution in [0.25, 0.3) is 0 Å². The summed E-state index contributed by atoms with van der Waals surface area (Å²) in [6, 6.07) is 6.51. The van der Waals surface area contributed by atoms with E-state index in [0.29, 0.717) is 25.1 Å². The smallest absolute Gasteiger partial charge is 0.243 e. The van der Waals surface area contributed by atoms with Crippen LogP contribution in [0.4, 0.5) is 5.69 Å². The summed E-state index contributed by atoms with van der Waals surface area (Å²) < 4.78 is 27.2. The van der Waals surface area contributed by atoms with Gasteiger partial charge in [0.05, 0.1) is 4.90 Å². The van der Waals surface area contributed by atoms with Crippen LogP contribution in [-0.2, 0) is 14.8 Å². The van der Waals surface area contributed by atoms with Crippen LogP contribution < -0.4 is 11.1 Å². The highest BCUT2D eigenvalue weighted by atomic mass is 35.5. The number of sulfonamides is 1. The van der Waals surface area contributed by atoms with Crippen LogP contribution in [0.2, 0.25) is 0 Å². The number of halogens is 1. The zero-order chi connectivity index (χ0) is 17.6. The molecule has 25 heavy (non-hydrogen) atoms. The molecule has 0 aliphatic heterocycles. The average Bonchev–Trinajstić information content (AvgIpc) is 2.60. The van der Waals surface area contributed by atoms with Crippen molar-refractivity contribution in [1.82, 2.24) is 4.31 Å². The van der Waals surface area contributed by atoms with E-state index in [9.17, 15) is 13.2 Å². The molecule has 142 valence electrons. The molecule has 1 amide bonds. The number of anilines is 1. The van der Waals surface area contributed by atoms with Crippen LogP contribution >= 0.6 is 12.4 Å². The minimum Gasteiger partial charge on any atom is -0.330 e. The lowest BCUT2D eigenvalue weighted by molar-refractivity contribution is -0.116. The van der Waals surface area contributed by atoms with E-state index in [2.05, 4.69) is 5.32 Å². The fraction of sp³-hybridized carbons (Fsp3) is 0.588. The van der Waals surface area contributed by atoms with Crippen molar-refractivity contribution in [1.29, 1.82) is 0 Å². The maximum Gasteiger partial charge on any atom is 0.243 e. The number of rotatable bonds is 7. The summed E-state index contributed by atoms with van der Waals surface area (Å²) in [5, 5.41) is 2.73. The number of nitrogens with zero attached hydrogens (tertiary/aromatic N) is 1. The molecule has 0 spiro atoms. The summed E-state index contributed by atoms with van der Waals surface area (Å²) in [4.78, 5) is 12.0. The summed E-state index contributed by atoms with van der Waals surface area (Å²) in [5.74, 6) is -0.157.